The fourth-order valence-corrected chi connectivity index (χ4v) is 2.74. The van der Waals surface area contributed by atoms with Crippen molar-refractivity contribution in [1.82, 2.24) is 15.3 Å². The molecule has 0 spiro atoms. The summed E-state index contributed by atoms with van der Waals surface area (Å²) >= 11 is 1.72. The molecule has 4 nitrogen and oxygen atoms in total. The molecule has 0 aromatic carbocycles. The summed E-state index contributed by atoms with van der Waals surface area (Å²) < 4.78 is 0. The van der Waals surface area contributed by atoms with E-state index in [-0.39, 0.29) is 0 Å². The average Bonchev–Trinajstić information content (AvgIpc) is 2.67. The quantitative estimate of drug-likeness (QED) is 0.900. The Morgan fingerprint density at radius 1 is 1.39 bits per heavy atom. The van der Waals surface area contributed by atoms with E-state index in [1.807, 2.05) is 0 Å². The van der Waals surface area contributed by atoms with Gasteiger partial charge in [-0.05, 0) is 13.0 Å². The van der Waals surface area contributed by atoms with Crippen LogP contribution in [-0.4, -0.2) is 36.1 Å². The van der Waals surface area contributed by atoms with Crippen LogP contribution in [-0.2, 0) is 0 Å². The van der Waals surface area contributed by atoms with Gasteiger partial charge < -0.3 is 10.2 Å². The number of fused-ring (bicyclic) bond motifs is 1. The Morgan fingerprint density at radius 3 is 2.89 bits per heavy atom. The van der Waals surface area contributed by atoms with Gasteiger partial charge in [-0.15, -0.1) is 11.3 Å². The van der Waals surface area contributed by atoms with Gasteiger partial charge in [-0.25, -0.2) is 9.97 Å². The number of hydrogen-bond donors (Lipinski definition) is 1. The first-order chi connectivity index (χ1) is 8.58. The lowest BCUT2D eigenvalue weighted by Crippen LogP contribution is -2.33. The van der Waals surface area contributed by atoms with Gasteiger partial charge in [0.25, 0.3) is 0 Å². The predicted molar refractivity (Wildman–Crippen MR) is 78.6 cm³/mol. The molecule has 18 heavy (non-hydrogen) atoms. The van der Waals surface area contributed by atoms with Gasteiger partial charge in [0.1, 0.15) is 17.0 Å². The van der Waals surface area contributed by atoms with Crippen LogP contribution in [0.4, 0.5) is 5.82 Å². The van der Waals surface area contributed by atoms with Crippen molar-refractivity contribution in [2.24, 2.45) is 0 Å². The number of nitrogens with zero attached hydrogens (tertiary/aromatic N) is 3. The van der Waals surface area contributed by atoms with E-state index in [4.69, 9.17) is 0 Å². The highest BCUT2D eigenvalue weighted by Gasteiger charge is 2.10. The molecule has 0 fully saturated rings. The molecule has 0 atom stereocenters. The van der Waals surface area contributed by atoms with E-state index in [1.165, 1.54) is 4.88 Å². The van der Waals surface area contributed by atoms with Crippen LogP contribution in [0.1, 0.15) is 18.7 Å². The third-order valence-electron chi connectivity index (χ3n) is 2.79. The maximum atomic E-state index is 4.41. The zero-order valence-corrected chi connectivity index (χ0v) is 12.2. The molecular weight excluding hydrogens is 244 g/mol. The molecule has 0 aliphatic carbocycles. The van der Waals surface area contributed by atoms with Gasteiger partial charge >= 0.3 is 0 Å². The summed E-state index contributed by atoms with van der Waals surface area (Å²) in [6.45, 7) is 8.33. The number of thiophene rings is 1. The number of aromatic nitrogens is 2. The zero-order valence-electron chi connectivity index (χ0n) is 11.4. The van der Waals surface area contributed by atoms with Crippen molar-refractivity contribution < 1.29 is 0 Å². The minimum absolute atomic E-state index is 0.521. The van der Waals surface area contributed by atoms with Crippen LogP contribution >= 0.6 is 11.3 Å². The lowest BCUT2D eigenvalue weighted by Gasteiger charge is -2.19. The fraction of sp³-hybridized carbons (Fsp3) is 0.538. The van der Waals surface area contributed by atoms with E-state index in [9.17, 15) is 0 Å². The Kier molecular flexibility index (Phi) is 4.14. The van der Waals surface area contributed by atoms with Crippen LogP contribution in [0.3, 0.4) is 0 Å². The lowest BCUT2D eigenvalue weighted by atomic mass is 10.3. The maximum absolute atomic E-state index is 4.41. The van der Waals surface area contributed by atoms with Crippen molar-refractivity contribution in [3.05, 3.63) is 17.3 Å². The Morgan fingerprint density at radius 2 is 2.17 bits per heavy atom. The summed E-state index contributed by atoms with van der Waals surface area (Å²) in [7, 11) is 2.08. The number of rotatable bonds is 5. The van der Waals surface area contributed by atoms with Crippen molar-refractivity contribution in [1.29, 1.82) is 0 Å². The third-order valence-corrected chi connectivity index (χ3v) is 3.75. The molecule has 2 heterocycles. The van der Waals surface area contributed by atoms with E-state index in [1.54, 1.807) is 17.7 Å². The molecule has 5 heteroatoms. The molecular formula is C13H20N4S. The second-order valence-corrected chi connectivity index (χ2v) is 6.04. The largest absolute Gasteiger partial charge is 0.358 e. The molecule has 2 rings (SSSR count). The van der Waals surface area contributed by atoms with Gasteiger partial charge in [-0.2, -0.15) is 0 Å². The number of anilines is 1. The fourth-order valence-electron chi connectivity index (χ4n) is 1.89. The molecule has 0 aliphatic rings. The minimum atomic E-state index is 0.521. The number of likely N-dealkylation sites (N-methyl/N-ethyl adjacent to an activating group) is 1. The first-order valence-corrected chi connectivity index (χ1v) is 7.05. The van der Waals surface area contributed by atoms with Crippen LogP contribution in [0, 0.1) is 6.92 Å². The summed E-state index contributed by atoms with van der Waals surface area (Å²) in [6.07, 6.45) is 1.65. The number of hydrogen-bond acceptors (Lipinski definition) is 5. The SMILES string of the molecule is Cc1cc2c(N(C)CCNC(C)C)ncnc2s1. The van der Waals surface area contributed by atoms with Gasteiger partial charge in [0, 0.05) is 31.1 Å². The van der Waals surface area contributed by atoms with E-state index in [2.05, 4.69) is 54.1 Å². The third kappa shape index (κ3) is 2.97. The molecule has 2 aromatic rings. The van der Waals surface area contributed by atoms with Crippen molar-refractivity contribution in [2.45, 2.75) is 26.8 Å². The van der Waals surface area contributed by atoms with Crippen molar-refractivity contribution in [2.75, 3.05) is 25.0 Å². The second-order valence-electron chi connectivity index (χ2n) is 4.80. The molecule has 0 aliphatic heterocycles. The average molecular weight is 264 g/mol. The summed E-state index contributed by atoms with van der Waals surface area (Å²) in [5.41, 5.74) is 0. The first kappa shape index (κ1) is 13.2. The Labute approximate surface area is 112 Å². The van der Waals surface area contributed by atoms with Crippen LogP contribution in [0.5, 0.6) is 0 Å². The lowest BCUT2D eigenvalue weighted by molar-refractivity contribution is 0.588. The van der Waals surface area contributed by atoms with Gasteiger partial charge in [-0.3, -0.25) is 0 Å². The maximum Gasteiger partial charge on any atom is 0.140 e. The summed E-state index contributed by atoms with van der Waals surface area (Å²) in [5, 5.41) is 4.58. The molecule has 0 radical (unpaired) electrons. The number of nitrogens with one attached hydrogen (secondary N) is 1. The zero-order chi connectivity index (χ0) is 13.1. The van der Waals surface area contributed by atoms with Crippen LogP contribution in [0.2, 0.25) is 0 Å². The normalized spacial score (nSPS) is 11.4. The highest BCUT2D eigenvalue weighted by molar-refractivity contribution is 7.18. The highest BCUT2D eigenvalue weighted by atomic mass is 32.1. The molecule has 0 amide bonds. The van der Waals surface area contributed by atoms with Crippen molar-refractivity contribution in [3.8, 4) is 0 Å². The van der Waals surface area contributed by atoms with E-state index in [0.717, 1.165) is 29.1 Å². The topological polar surface area (TPSA) is 41.0 Å². The Bertz CT molecular complexity index is 521. The summed E-state index contributed by atoms with van der Waals surface area (Å²) in [6, 6.07) is 2.69. The van der Waals surface area contributed by atoms with Crippen molar-refractivity contribution in [3.63, 3.8) is 0 Å². The summed E-state index contributed by atoms with van der Waals surface area (Å²) in [5.74, 6) is 1.02. The first-order valence-electron chi connectivity index (χ1n) is 6.23. The Hall–Kier alpha value is -1.20. The molecule has 0 unspecified atom stereocenters. The van der Waals surface area contributed by atoms with E-state index >= 15 is 0 Å². The van der Waals surface area contributed by atoms with Crippen LogP contribution in [0.25, 0.3) is 10.2 Å². The molecule has 98 valence electrons. The Balaban J connectivity index is 2.14. The molecule has 0 saturated heterocycles. The standard InChI is InChI=1S/C13H20N4S/c1-9(2)14-5-6-17(4)12-11-7-10(3)18-13(11)16-8-15-12/h7-9,14H,5-6H2,1-4H3. The molecule has 0 saturated carbocycles. The van der Waals surface area contributed by atoms with Gasteiger partial charge in [0.15, 0.2) is 0 Å². The minimum Gasteiger partial charge on any atom is -0.358 e. The predicted octanol–water partition coefficient (Wildman–Crippen LogP) is 2.43. The van der Waals surface area contributed by atoms with E-state index < -0.39 is 0 Å². The monoisotopic (exact) mass is 264 g/mol. The number of aryl methyl sites for hydroxylation is 1. The molecule has 2 aromatic heterocycles. The van der Waals surface area contributed by atoms with E-state index in [0.29, 0.717) is 6.04 Å². The molecule has 1 N–H and O–H groups in total. The van der Waals surface area contributed by atoms with Gasteiger partial charge in [-0.1, -0.05) is 13.8 Å². The molecule has 0 bridgehead atoms. The van der Waals surface area contributed by atoms with Gasteiger partial charge in [0.05, 0.1) is 5.39 Å². The van der Waals surface area contributed by atoms with Crippen molar-refractivity contribution >= 4 is 27.4 Å². The smallest absolute Gasteiger partial charge is 0.140 e. The van der Waals surface area contributed by atoms with Gasteiger partial charge in [0.2, 0.25) is 0 Å². The van der Waals surface area contributed by atoms with Crippen LogP contribution in [0.15, 0.2) is 12.4 Å². The van der Waals surface area contributed by atoms with Crippen LogP contribution < -0.4 is 10.2 Å². The highest BCUT2D eigenvalue weighted by Crippen LogP contribution is 2.28. The summed E-state index contributed by atoms with van der Waals surface area (Å²) in [4.78, 5) is 13.3. The second kappa shape index (κ2) is 5.63.